The summed E-state index contributed by atoms with van der Waals surface area (Å²) in [6.45, 7) is 11.6. The third kappa shape index (κ3) is 4.45. The lowest BCUT2D eigenvalue weighted by atomic mass is 10.1. The number of benzene rings is 1. The van der Waals surface area contributed by atoms with E-state index in [0.717, 1.165) is 13.1 Å². The molecule has 0 aliphatic carbocycles. The van der Waals surface area contributed by atoms with E-state index < -0.39 is 5.97 Å². The SMILES string of the molecule is C=CCOC(=O)c1c(C)nc(C)nc1C(=O)N1CCN(c2ccccc2C)CC1. The van der Waals surface area contributed by atoms with Crippen molar-refractivity contribution in [3.63, 3.8) is 0 Å². The number of nitrogens with zero attached hydrogens (tertiary/aromatic N) is 4. The number of carbonyl (C=O) groups is 2. The van der Waals surface area contributed by atoms with Crippen LogP contribution in [0.1, 0.15) is 37.9 Å². The number of esters is 1. The van der Waals surface area contributed by atoms with Crippen LogP contribution >= 0.6 is 0 Å². The van der Waals surface area contributed by atoms with Gasteiger partial charge in [-0.25, -0.2) is 14.8 Å². The first-order valence-corrected chi connectivity index (χ1v) is 9.65. The number of hydrogen-bond acceptors (Lipinski definition) is 6. The predicted molar refractivity (Wildman–Crippen MR) is 111 cm³/mol. The fourth-order valence-corrected chi connectivity index (χ4v) is 3.54. The minimum absolute atomic E-state index is 0.0644. The van der Waals surface area contributed by atoms with E-state index in [2.05, 4.69) is 40.5 Å². The van der Waals surface area contributed by atoms with Crippen LogP contribution in [0.25, 0.3) is 0 Å². The summed E-state index contributed by atoms with van der Waals surface area (Å²) in [7, 11) is 0. The topological polar surface area (TPSA) is 75.6 Å². The highest BCUT2D eigenvalue weighted by Gasteiger charge is 2.29. The molecule has 1 aromatic heterocycles. The smallest absolute Gasteiger partial charge is 0.342 e. The van der Waals surface area contributed by atoms with Crippen molar-refractivity contribution in [3.8, 4) is 0 Å². The lowest BCUT2D eigenvalue weighted by Gasteiger charge is -2.36. The van der Waals surface area contributed by atoms with Gasteiger partial charge in [-0.2, -0.15) is 0 Å². The fourth-order valence-electron chi connectivity index (χ4n) is 3.54. The van der Waals surface area contributed by atoms with Crippen molar-refractivity contribution in [2.75, 3.05) is 37.7 Å². The maximum atomic E-state index is 13.2. The van der Waals surface area contributed by atoms with Gasteiger partial charge < -0.3 is 14.5 Å². The summed E-state index contributed by atoms with van der Waals surface area (Å²) < 4.78 is 5.15. The molecule has 29 heavy (non-hydrogen) atoms. The van der Waals surface area contributed by atoms with Crippen LogP contribution in [-0.2, 0) is 4.74 Å². The second kappa shape index (κ2) is 8.86. The Hall–Kier alpha value is -3.22. The molecule has 1 amide bonds. The van der Waals surface area contributed by atoms with Gasteiger partial charge in [0.05, 0.1) is 5.69 Å². The van der Waals surface area contributed by atoms with E-state index in [1.165, 1.54) is 17.3 Å². The molecule has 1 aromatic carbocycles. The summed E-state index contributed by atoms with van der Waals surface area (Å²) >= 11 is 0. The van der Waals surface area contributed by atoms with Gasteiger partial charge in [0.2, 0.25) is 0 Å². The van der Waals surface area contributed by atoms with Crippen LogP contribution in [0.2, 0.25) is 0 Å². The van der Waals surface area contributed by atoms with E-state index in [1.54, 1.807) is 18.7 Å². The molecule has 7 nitrogen and oxygen atoms in total. The van der Waals surface area contributed by atoms with Crippen LogP contribution in [0.3, 0.4) is 0 Å². The summed E-state index contributed by atoms with van der Waals surface area (Å²) in [6, 6.07) is 8.22. The lowest BCUT2D eigenvalue weighted by molar-refractivity contribution is 0.0537. The number of carbonyl (C=O) groups excluding carboxylic acids is 2. The second-order valence-corrected chi connectivity index (χ2v) is 7.03. The van der Waals surface area contributed by atoms with Crippen LogP contribution in [0.4, 0.5) is 5.69 Å². The van der Waals surface area contributed by atoms with Crippen molar-refractivity contribution < 1.29 is 14.3 Å². The van der Waals surface area contributed by atoms with E-state index in [1.807, 2.05) is 12.1 Å². The molecule has 1 saturated heterocycles. The van der Waals surface area contributed by atoms with Gasteiger partial charge in [-0.1, -0.05) is 30.9 Å². The normalized spacial score (nSPS) is 13.9. The Balaban J connectivity index is 1.80. The average molecular weight is 394 g/mol. The molecule has 7 heteroatoms. The number of rotatable bonds is 5. The molecule has 152 valence electrons. The summed E-state index contributed by atoms with van der Waals surface area (Å²) in [5.41, 5.74) is 3.06. The van der Waals surface area contributed by atoms with Gasteiger partial charge in [0.15, 0.2) is 0 Å². The molecule has 0 N–H and O–H groups in total. The molecule has 0 radical (unpaired) electrons. The lowest BCUT2D eigenvalue weighted by Crippen LogP contribution is -2.49. The molecular formula is C22H26N4O3. The molecule has 0 atom stereocenters. The third-order valence-corrected chi connectivity index (χ3v) is 4.96. The molecule has 3 rings (SSSR count). The third-order valence-electron chi connectivity index (χ3n) is 4.96. The van der Waals surface area contributed by atoms with Gasteiger partial charge in [-0.3, -0.25) is 4.79 Å². The van der Waals surface area contributed by atoms with Crippen molar-refractivity contribution in [3.05, 3.63) is 65.3 Å². The van der Waals surface area contributed by atoms with Crippen LogP contribution in [0, 0.1) is 20.8 Å². The van der Waals surface area contributed by atoms with Crippen molar-refractivity contribution in [1.82, 2.24) is 14.9 Å². The highest BCUT2D eigenvalue weighted by atomic mass is 16.5. The van der Waals surface area contributed by atoms with Crippen molar-refractivity contribution in [1.29, 1.82) is 0 Å². The largest absolute Gasteiger partial charge is 0.458 e. The monoisotopic (exact) mass is 394 g/mol. The summed E-state index contributed by atoms with van der Waals surface area (Å²) in [4.78, 5) is 38.2. The van der Waals surface area contributed by atoms with Crippen LogP contribution in [0.15, 0.2) is 36.9 Å². The predicted octanol–water partition coefficient (Wildman–Crippen LogP) is 2.71. The highest BCUT2D eigenvalue weighted by molar-refractivity contribution is 6.04. The van der Waals surface area contributed by atoms with Crippen LogP contribution in [-0.4, -0.2) is 59.5 Å². The summed E-state index contributed by atoms with van der Waals surface area (Å²) in [5, 5.41) is 0. The van der Waals surface area contributed by atoms with Gasteiger partial charge in [0.25, 0.3) is 5.91 Å². The van der Waals surface area contributed by atoms with Gasteiger partial charge in [0, 0.05) is 31.9 Å². The number of aryl methyl sites for hydroxylation is 3. The fraction of sp³-hybridized carbons (Fsp3) is 0.364. The average Bonchev–Trinajstić information content (AvgIpc) is 2.71. The zero-order valence-electron chi connectivity index (χ0n) is 17.1. The summed E-state index contributed by atoms with van der Waals surface area (Å²) in [6.07, 6.45) is 1.48. The van der Waals surface area contributed by atoms with E-state index in [4.69, 9.17) is 4.74 Å². The molecule has 1 aliphatic rings. The highest BCUT2D eigenvalue weighted by Crippen LogP contribution is 2.22. The number of piperazine rings is 1. The molecular weight excluding hydrogens is 368 g/mol. The van der Waals surface area contributed by atoms with E-state index in [-0.39, 0.29) is 23.8 Å². The minimum atomic E-state index is -0.607. The molecule has 0 saturated carbocycles. The first-order valence-electron chi connectivity index (χ1n) is 9.65. The molecule has 1 fully saturated rings. The van der Waals surface area contributed by atoms with Gasteiger partial charge in [-0.15, -0.1) is 0 Å². The van der Waals surface area contributed by atoms with Gasteiger partial charge >= 0.3 is 5.97 Å². The molecule has 0 spiro atoms. The maximum absolute atomic E-state index is 13.2. The van der Waals surface area contributed by atoms with Gasteiger partial charge in [0.1, 0.15) is 23.7 Å². The van der Waals surface area contributed by atoms with Crippen molar-refractivity contribution in [2.24, 2.45) is 0 Å². The number of amides is 1. The Morgan fingerprint density at radius 3 is 2.45 bits per heavy atom. The molecule has 2 aromatic rings. The van der Waals surface area contributed by atoms with Crippen molar-refractivity contribution in [2.45, 2.75) is 20.8 Å². The first-order chi connectivity index (χ1) is 13.9. The number of hydrogen-bond donors (Lipinski definition) is 0. The van der Waals surface area contributed by atoms with E-state index in [9.17, 15) is 9.59 Å². The number of para-hydroxylation sites is 1. The van der Waals surface area contributed by atoms with E-state index in [0.29, 0.717) is 24.6 Å². The molecule has 0 bridgehead atoms. The Morgan fingerprint density at radius 1 is 1.10 bits per heavy atom. The molecule has 0 unspecified atom stereocenters. The van der Waals surface area contributed by atoms with Crippen LogP contribution in [0.5, 0.6) is 0 Å². The molecule has 2 heterocycles. The first kappa shape index (κ1) is 20.5. The Labute approximate surface area is 171 Å². The van der Waals surface area contributed by atoms with E-state index >= 15 is 0 Å². The Kier molecular flexibility index (Phi) is 6.26. The van der Waals surface area contributed by atoms with Crippen LogP contribution < -0.4 is 4.90 Å². The van der Waals surface area contributed by atoms with Gasteiger partial charge in [-0.05, 0) is 32.4 Å². The number of anilines is 1. The Morgan fingerprint density at radius 2 is 1.79 bits per heavy atom. The quantitative estimate of drug-likeness (QED) is 0.573. The number of aromatic nitrogens is 2. The standard InChI is InChI=1S/C22H26N4O3/c1-5-14-29-22(28)19-16(3)23-17(4)24-20(19)21(27)26-12-10-25(11-13-26)18-9-7-6-8-15(18)2/h5-9H,1,10-14H2,2-4H3. The minimum Gasteiger partial charge on any atom is -0.458 e. The molecule has 1 aliphatic heterocycles. The zero-order chi connectivity index (χ0) is 21.0. The van der Waals surface area contributed by atoms with Crippen molar-refractivity contribution >= 4 is 17.6 Å². The Bertz CT molecular complexity index is 934. The summed E-state index contributed by atoms with van der Waals surface area (Å²) in [5.74, 6) is -0.428. The number of ether oxygens (including phenoxy) is 1. The zero-order valence-corrected chi connectivity index (χ0v) is 17.1. The maximum Gasteiger partial charge on any atom is 0.342 e. The second-order valence-electron chi connectivity index (χ2n) is 7.03.